The Kier molecular flexibility index (Phi) is 5.62. The zero-order valence-corrected chi connectivity index (χ0v) is 13.4. The third-order valence-electron chi connectivity index (χ3n) is 4.80. The lowest BCUT2D eigenvalue weighted by Gasteiger charge is -2.38. The number of hydrogen-bond donors (Lipinski definition) is 2. The second kappa shape index (κ2) is 7.25. The van der Waals surface area contributed by atoms with E-state index in [1.165, 1.54) is 0 Å². The molecule has 0 aliphatic carbocycles. The van der Waals surface area contributed by atoms with Crippen LogP contribution in [0, 0.1) is 0 Å². The highest BCUT2D eigenvalue weighted by atomic mass is 16.2. The van der Waals surface area contributed by atoms with Crippen LogP contribution in [0.25, 0.3) is 0 Å². The summed E-state index contributed by atoms with van der Waals surface area (Å²) in [6.07, 6.45) is 6.29. The number of piperidine rings is 1. The van der Waals surface area contributed by atoms with Crippen molar-refractivity contribution in [3.63, 3.8) is 0 Å². The van der Waals surface area contributed by atoms with Crippen LogP contribution in [0.3, 0.4) is 0 Å². The van der Waals surface area contributed by atoms with Crippen LogP contribution in [0.4, 0.5) is 0 Å². The van der Waals surface area contributed by atoms with Gasteiger partial charge in [-0.3, -0.25) is 9.59 Å². The molecule has 2 saturated heterocycles. The first-order chi connectivity index (χ1) is 10.1. The van der Waals surface area contributed by atoms with E-state index in [0.717, 1.165) is 58.2 Å². The van der Waals surface area contributed by atoms with E-state index in [-0.39, 0.29) is 23.4 Å². The average Bonchev–Trinajstić information content (AvgIpc) is 2.97. The van der Waals surface area contributed by atoms with Crippen molar-refractivity contribution in [1.29, 1.82) is 0 Å². The SMILES string of the molecule is CCCC1(C(=O)N2CCC(NC(=O)CC)CC2)CCCN1. The summed E-state index contributed by atoms with van der Waals surface area (Å²) in [6.45, 7) is 6.49. The predicted octanol–water partition coefficient (Wildman–Crippen LogP) is 1.43. The molecule has 0 bridgehead atoms. The van der Waals surface area contributed by atoms with Crippen LogP contribution in [0.2, 0.25) is 0 Å². The highest BCUT2D eigenvalue weighted by Gasteiger charge is 2.43. The molecule has 2 fully saturated rings. The van der Waals surface area contributed by atoms with Gasteiger partial charge in [0.2, 0.25) is 11.8 Å². The molecule has 5 nitrogen and oxygen atoms in total. The van der Waals surface area contributed by atoms with Crippen LogP contribution < -0.4 is 10.6 Å². The monoisotopic (exact) mass is 295 g/mol. The van der Waals surface area contributed by atoms with E-state index in [9.17, 15) is 9.59 Å². The number of carbonyl (C=O) groups is 2. The summed E-state index contributed by atoms with van der Waals surface area (Å²) < 4.78 is 0. The second-order valence-electron chi connectivity index (χ2n) is 6.35. The molecule has 2 aliphatic rings. The molecule has 0 saturated carbocycles. The van der Waals surface area contributed by atoms with Crippen LogP contribution in [0.15, 0.2) is 0 Å². The summed E-state index contributed by atoms with van der Waals surface area (Å²) >= 11 is 0. The smallest absolute Gasteiger partial charge is 0.242 e. The lowest BCUT2D eigenvalue weighted by molar-refractivity contribution is -0.139. The summed E-state index contributed by atoms with van der Waals surface area (Å²) in [5.74, 6) is 0.391. The Balaban J connectivity index is 1.89. The van der Waals surface area contributed by atoms with Gasteiger partial charge in [-0.15, -0.1) is 0 Å². The molecule has 120 valence electrons. The van der Waals surface area contributed by atoms with Gasteiger partial charge in [0.25, 0.3) is 0 Å². The topological polar surface area (TPSA) is 61.4 Å². The molecule has 1 unspecified atom stereocenters. The van der Waals surface area contributed by atoms with Crippen LogP contribution in [-0.2, 0) is 9.59 Å². The van der Waals surface area contributed by atoms with Crippen LogP contribution in [0.5, 0.6) is 0 Å². The minimum Gasteiger partial charge on any atom is -0.353 e. The number of carbonyl (C=O) groups excluding carboxylic acids is 2. The van der Waals surface area contributed by atoms with Gasteiger partial charge in [0.1, 0.15) is 0 Å². The Bertz CT molecular complexity index is 370. The van der Waals surface area contributed by atoms with E-state index in [0.29, 0.717) is 6.42 Å². The fourth-order valence-corrected chi connectivity index (χ4v) is 3.60. The Morgan fingerprint density at radius 1 is 1.29 bits per heavy atom. The van der Waals surface area contributed by atoms with Gasteiger partial charge >= 0.3 is 0 Å². The van der Waals surface area contributed by atoms with E-state index in [1.807, 2.05) is 11.8 Å². The summed E-state index contributed by atoms with van der Waals surface area (Å²) in [7, 11) is 0. The molecular formula is C16H29N3O2. The Morgan fingerprint density at radius 2 is 2.00 bits per heavy atom. The molecule has 0 aromatic heterocycles. The number of rotatable bonds is 5. The van der Waals surface area contributed by atoms with Crippen molar-refractivity contribution < 1.29 is 9.59 Å². The highest BCUT2D eigenvalue weighted by Crippen LogP contribution is 2.28. The largest absolute Gasteiger partial charge is 0.353 e. The van der Waals surface area contributed by atoms with Crippen molar-refractivity contribution in [2.75, 3.05) is 19.6 Å². The van der Waals surface area contributed by atoms with Gasteiger partial charge in [-0.1, -0.05) is 20.3 Å². The molecule has 0 spiro atoms. The number of hydrogen-bond acceptors (Lipinski definition) is 3. The Morgan fingerprint density at radius 3 is 2.52 bits per heavy atom. The minimum atomic E-state index is -0.311. The summed E-state index contributed by atoms with van der Waals surface area (Å²) in [4.78, 5) is 26.3. The summed E-state index contributed by atoms with van der Waals surface area (Å²) in [5.41, 5.74) is -0.311. The van der Waals surface area contributed by atoms with Gasteiger partial charge in [0.15, 0.2) is 0 Å². The van der Waals surface area contributed by atoms with E-state index >= 15 is 0 Å². The van der Waals surface area contributed by atoms with E-state index in [2.05, 4.69) is 17.6 Å². The molecule has 2 aliphatic heterocycles. The number of amides is 2. The molecule has 0 aromatic rings. The molecule has 2 amide bonds. The zero-order valence-electron chi connectivity index (χ0n) is 13.4. The molecule has 0 aromatic carbocycles. The maximum Gasteiger partial charge on any atom is 0.242 e. The van der Waals surface area contributed by atoms with Gasteiger partial charge < -0.3 is 15.5 Å². The molecule has 2 N–H and O–H groups in total. The van der Waals surface area contributed by atoms with Crippen LogP contribution in [0.1, 0.15) is 58.8 Å². The van der Waals surface area contributed by atoms with Crippen molar-refractivity contribution in [1.82, 2.24) is 15.5 Å². The van der Waals surface area contributed by atoms with Crippen molar-refractivity contribution in [3.8, 4) is 0 Å². The van der Waals surface area contributed by atoms with Crippen molar-refractivity contribution in [2.24, 2.45) is 0 Å². The maximum absolute atomic E-state index is 12.9. The molecule has 0 radical (unpaired) electrons. The minimum absolute atomic E-state index is 0.111. The number of likely N-dealkylation sites (tertiary alicyclic amines) is 1. The van der Waals surface area contributed by atoms with Crippen molar-refractivity contribution in [2.45, 2.75) is 70.4 Å². The standard InChI is InChI=1S/C16H29N3O2/c1-3-8-16(9-5-10-17-16)15(21)19-11-6-13(7-12-19)18-14(20)4-2/h13,17H,3-12H2,1-2H3,(H,18,20). The van der Waals surface area contributed by atoms with Crippen LogP contribution in [-0.4, -0.2) is 47.9 Å². The predicted molar refractivity (Wildman–Crippen MR) is 82.9 cm³/mol. The normalized spacial score (nSPS) is 26.9. The fraction of sp³-hybridized carbons (Fsp3) is 0.875. The van der Waals surface area contributed by atoms with E-state index < -0.39 is 0 Å². The summed E-state index contributed by atoms with van der Waals surface area (Å²) in [5, 5.41) is 6.50. The second-order valence-corrected chi connectivity index (χ2v) is 6.35. The molecular weight excluding hydrogens is 266 g/mol. The number of nitrogens with one attached hydrogen (secondary N) is 2. The van der Waals surface area contributed by atoms with E-state index in [4.69, 9.17) is 0 Å². The fourth-order valence-electron chi connectivity index (χ4n) is 3.60. The lowest BCUT2D eigenvalue weighted by Crippen LogP contribution is -2.57. The molecule has 5 heteroatoms. The van der Waals surface area contributed by atoms with Gasteiger partial charge in [-0.2, -0.15) is 0 Å². The van der Waals surface area contributed by atoms with Gasteiger partial charge in [0, 0.05) is 25.6 Å². The first kappa shape index (κ1) is 16.3. The third kappa shape index (κ3) is 3.76. The molecule has 2 heterocycles. The van der Waals surface area contributed by atoms with Crippen molar-refractivity contribution in [3.05, 3.63) is 0 Å². The Hall–Kier alpha value is -1.10. The maximum atomic E-state index is 12.9. The number of nitrogens with zero attached hydrogens (tertiary/aromatic N) is 1. The van der Waals surface area contributed by atoms with Gasteiger partial charge in [0.05, 0.1) is 5.54 Å². The van der Waals surface area contributed by atoms with Gasteiger partial charge in [-0.05, 0) is 38.6 Å². The zero-order chi connectivity index (χ0) is 15.3. The van der Waals surface area contributed by atoms with Crippen LogP contribution >= 0.6 is 0 Å². The van der Waals surface area contributed by atoms with Gasteiger partial charge in [-0.25, -0.2) is 0 Å². The summed E-state index contributed by atoms with van der Waals surface area (Å²) in [6, 6.07) is 0.236. The molecule has 1 atom stereocenters. The molecule has 21 heavy (non-hydrogen) atoms. The average molecular weight is 295 g/mol. The Labute approximate surface area is 127 Å². The van der Waals surface area contributed by atoms with Crippen molar-refractivity contribution >= 4 is 11.8 Å². The quantitative estimate of drug-likeness (QED) is 0.806. The highest BCUT2D eigenvalue weighted by molar-refractivity contribution is 5.87. The lowest BCUT2D eigenvalue weighted by atomic mass is 9.89. The van der Waals surface area contributed by atoms with E-state index in [1.54, 1.807) is 0 Å². The third-order valence-corrected chi connectivity index (χ3v) is 4.80. The first-order valence-corrected chi connectivity index (χ1v) is 8.45. The molecule has 2 rings (SSSR count). The first-order valence-electron chi connectivity index (χ1n) is 8.45.